The number of anilines is 1. The number of aromatic hydroxyl groups is 1. The first-order chi connectivity index (χ1) is 11.0. The standard InChI is InChI=1S/C16H14ClN3O3/c17-12-4-6-13(7-5-12)19-15(22)9-16(23)20-18-10-11-2-1-3-14(21)8-11/h1-8,10,21H,9H2,(H,19,22)(H,20,23). The summed E-state index contributed by atoms with van der Waals surface area (Å²) in [5, 5.41) is 16.1. The Morgan fingerprint density at radius 3 is 2.57 bits per heavy atom. The number of carbonyl (C=O) groups is 2. The number of hydrogen-bond acceptors (Lipinski definition) is 4. The van der Waals surface area contributed by atoms with Crippen LogP contribution < -0.4 is 10.7 Å². The lowest BCUT2D eigenvalue weighted by Gasteiger charge is -2.04. The van der Waals surface area contributed by atoms with Crippen molar-refractivity contribution in [3.63, 3.8) is 0 Å². The maximum atomic E-state index is 11.7. The highest BCUT2D eigenvalue weighted by atomic mass is 35.5. The summed E-state index contributed by atoms with van der Waals surface area (Å²) < 4.78 is 0. The zero-order chi connectivity index (χ0) is 16.7. The van der Waals surface area contributed by atoms with Crippen molar-refractivity contribution in [2.24, 2.45) is 5.10 Å². The molecule has 7 heteroatoms. The Kier molecular flexibility index (Phi) is 5.71. The summed E-state index contributed by atoms with van der Waals surface area (Å²) in [5.41, 5.74) is 3.42. The zero-order valence-corrected chi connectivity index (χ0v) is 12.7. The molecule has 0 fully saturated rings. The number of benzene rings is 2. The average Bonchev–Trinajstić information content (AvgIpc) is 2.49. The molecule has 0 radical (unpaired) electrons. The summed E-state index contributed by atoms with van der Waals surface area (Å²) in [6.07, 6.45) is 1.01. The highest BCUT2D eigenvalue weighted by Gasteiger charge is 2.08. The second-order valence-electron chi connectivity index (χ2n) is 4.62. The van der Waals surface area contributed by atoms with Gasteiger partial charge in [0.2, 0.25) is 11.8 Å². The summed E-state index contributed by atoms with van der Waals surface area (Å²) in [5.74, 6) is -0.909. The largest absolute Gasteiger partial charge is 0.508 e. The number of nitrogens with one attached hydrogen (secondary N) is 2. The van der Waals surface area contributed by atoms with Gasteiger partial charge in [-0.15, -0.1) is 0 Å². The van der Waals surface area contributed by atoms with E-state index in [9.17, 15) is 14.7 Å². The molecule has 0 heterocycles. The van der Waals surface area contributed by atoms with Crippen molar-refractivity contribution in [2.45, 2.75) is 6.42 Å². The Bertz CT molecular complexity index is 730. The van der Waals surface area contributed by atoms with Crippen LogP contribution in [0.1, 0.15) is 12.0 Å². The third-order valence-electron chi connectivity index (χ3n) is 2.72. The van der Waals surface area contributed by atoms with Crippen molar-refractivity contribution in [2.75, 3.05) is 5.32 Å². The molecule has 0 unspecified atom stereocenters. The van der Waals surface area contributed by atoms with Crippen molar-refractivity contribution in [1.82, 2.24) is 5.43 Å². The van der Waals surface area contributed by atoms with Crippen LogP contribution in [0.3, 0.4) is 0 Å². The van der Waals surface area contributed by atoms with Gasteiger partial charge in [-0.1, -0.05) is 23.7 Å². The predicted octanol–water partition coefficient (Wildman–Crippen LogP) is 2.52. The van der Waals surface area contributed by atoms with Gasteiger partial charge in [-0.2, -0.15) is 5.10 Å². The first kappa shape index (κ1) is 16.5. The molecule has 0 spiro atoms. The number of rotatable bonds is 5. The first-order valence-electron chi connectivity index (χ1n) is 6.69. The number of halogens is 1. The third kappa shape index (κ3) is 5.80. The molecule has 0 saturated heterocycles. The van der Waals surface area contributed by atoms with Gasteiger partial charge >= 0.3 is 0 Å². The summed E-state index contributed by atoms with van der Waals surface area (Å²) in [4.78, 5) is 23.3. The van der Waals surface area contributed by atoms with E-state index in [1.165, 1.54) is 18.3 Å². The Morgan fingerprint density at radius 1 is 1.13 bits per heavy atom. The molecule has 2 rings (SSSR count). The lowest BCUT2D eigenvalue weighted by molar-refractivity contribution is -0.126. The number of phenols is 1. The van der Waals surface area contributed by atoms with Gasteiger partial charge < -0.3 is 10.4 Å². The fraction of sp³-hybridized carbons (Fsp3) is 0.0625. The van der Waals surface area contributed by atoms with Gasteiger partial charge in [-0.05, 0) is 42.0 Å². The Balaban J connectivity index is 1.80. The normalized spacial score (nSPS) is 10.5. The molecule has 118 valence electrons. The number of hydrogen-bond donors (Lipinski definition) is 3. The van der Waals surface area contributed by atoms with Gasteiger partial charge in [0, 0.05) is 10.7 Å². The van der Waals surface area contributed by atoms with Crippen LogP contribution in [0, 0.1) is 0 Å². The summed E-state index contributed by atoms with van der Waals surface area (Å²) in [6, 6.07) is 12.9. The molecule has 6 nitrogen and oxygen atoms in total. The SMILES string of the molecule is O=C(CC(=O)Nc1ccc(Cl)cc1)NN=Cc1cccc(O)c1. The van der Waals surface area contributed by atoms with Crippen LogP contribution in [0.4, 0.5) is 5.69 Å². The predicted molar refractivity (Wildman–Crippen MR) is 88.5 cm³/mol. The molecular formula is C16H14ClN3O3. The Hall–Kier alpha value is -2.86. The summed E-state index contributed by atoms with van der Waals surface area (Å²) in [7, 11) is 0. The van der Waals surface area contributed by atoms with Gasteiger partial charge in [-0.25, -0.2) is 5.43 Å². The molecule has 23 heavy (non-hydrogen) atoms. The van der Waals surface area contributed by atoms with Crippen LogP contribution in [-0.4, -0.2) is 23.1 Å². The number of nitrogens with zero attached hydrogens (tertiary/aromatic N) is 1. The van der Waals surface area contributed by atoms with Crippen molar-refractivity contribution in [3.8, 4) is 5.75 Å². The monoisotopic (exact) mass is 331 g/mol. The van der Waals surface area contributed by atoms with E-state index in [4.69, 9.17) is 11.6 Å². The highest BCUT2D eigenvalue weighted by molar-refractivity contribution is 6.30. The topological polar surface area (TPSA) is 90.8 Å². The molecule has 0 aromatic heterocycles. The molecule has 0 aliphatic heterocycles. The van der Waals surface area contributed by atoms with E-state index >= 15 is 0 Å². The van der Waals surface area contributed by atoms with Crippen LogP contribution in [0.15, 0.2) is 53.6 Å². The van der Waals surface area contributed by atoms with E-state index in [0.29, 0.717) is 16.3 Å². The van der Waals surface area contributed by atoms with Crippen LogP contribution >= 0.6 is 11.6 Å². The number of hydrazone groups is 1. The van der Waals surface area contributed by atoms with Gasteiger partial charge in [0.1, 0.15) is 12.2 Å². The van der Waals surface area contributed by atoms with E-state index in [0.717, 1.165) is 0 Å². The van der Waals surface area contributed by atoms with Crippen LogP contribution in [-0.2, 0) is 9.59 Å². The van der Waals surface area contributed by atoms with Crippen molar-refractivity contribution < 1.29 is 14.7 Å². The Morgan fingerprint density at radius 2 is 1.87 bits per heavy atom. The molecule has 2 amide bonds. The molecule has 0 saturated carbocycles. The van der Waals surface area contributed by atoms with Crippen LogP contribution in [0.2, 0.25) is 5.02 Å². The average molecular weight is 332 g/mol. The molecule has 2 aromatic carbocycles. The van der Waals surface area contributed by atoms with E-state index in [2.05, 4.69) is 15.8 Å². The minimum atomic E-state index is -0.548. The zero-order valence-electron chi connectivity index (χ0n) is 12.0. The third-order valence-corrected chi connectivity index (χ3v) is 2.97. The maximum Gasteiger partial charge on any atom is 0.249 e. The maximum absolute atomic E-state index is 11.7. The first-order valence-corrected chi connectivity index (χ1v) is 7.07. The second-order valence-corrected chi connectivity index (χ2v) is 5.06. The van der Waals surface area contributed by atoms with E-state index in [1.807, 2.05) is 0 Å². The molecule has 0 aliphatic rings. The summed E-state index contributed by atoms with van der Waals surface area (Å²) in [6.45, 7) is 0. The Labute approximate surface area is 137 Å². The lowest BCUT2D eigenvalue weighted by Crippen LogP contribution is -2.24. The van der Waals surface area contributed by atoms with Crippen LogP contribution in [0.25, 0.3) is 0 Å². The van der Waals surface area contributed by atoms with Crippen molar-refractivity contribution >= 4 is 35.3 Å². The van der Waals surface area contributed by atoms with Gasteiger partial charge in [0.05, 0.1) is 6.21 Å². The van der Waals surface area contributed by atoms with Gasteiger partial charge in [0.25, 0.3) is 0 Å². The molecule has 0 aliphatic carbocycles. The molecule has 2 aromatic rings. The lowest BCUT2D eigenvalue weighted by atomic mass is 10.2. The minimum absolute atomic E-state index is 0.0996. The van der Waals surface area contributed by atoms with Gasteiger partial charge in [-0.3, -0.25) is 9.59 Å². The number of phenolic OH excluding ortho intramolecular Hbond substituents is 1. The second kappa shape index (κ2) is 7.95. The molecule has 0 bridgehead atoms. The molecular weight excluding hydrogens is 318 g/mol. The van der Waals surface area contributed by atoms with E-state index < -0.39 is 11.8 Å². The number of carbonyl (C=O) groups excluding carboxylic acids is 2. The fourth-order valence-corrected chi connectivity index (χ4v) is 1.83. The smallest absolute Gasteiger partial charge is 0.249 e. The molecule has 0 atom stereocenters. The quantitative estimate of drug-likeness (QED) is 0.446. The van der Waals surface area contributed by atoms with E-state index in [-0.39, 0.29) is 12.2 Å². The summed E-state index contributed by atoms with van der Waals surface area (Å²) >= 11 is 5.74. The fourth-order valence-electron chi connectivity index (χ4n) is 1.71. The van der Waals surface area contributed by atoms with Gasteiger partial charge in [0.15, 0.2) is 0 Å². The van der Waals surface area contributed by atoms with Crippen molar-refractivity contribution in [3.05, 3.63) is 59.1 Å². The van der Waals surface area contributed by atoms with Crippen LogP contribution in [0.5, 0.6) is 5.75 Å². The number of amides is 2. The van der Waals surface area contributed by atoms with Crippen molar-refractivity contribution in [1.29, 1.82) is 0 Å². The van der Waals surface area contributed by atoms with E-state index in [1.54, 1.807) is 36.4 Å². The molecule has 3 N–H and O–H groups in total. The minimum Gasteiger partial charge on any atom is -0.508 e. The highest BCUT2D eigenvalue weighted by Crippen LogP contribution is 2.13.